The third-order valence-corrected chi connectivity index (χ3v) is 4.21. The van der Waals surface area contributed by atoms with Crippen LogP contribution in [0.2, 0.25) is 0 Å². The van der Waals surface area contributed by atoms with Crippen LogP contribution in [0.4, 0.5) is 0 Å². The van der Waals surface area contributed by atoms with Gasteiger partial charge in [-0.2, -0.15) is 0 Å². The van der Waals surface area contributed by atoms with Gasteiger partial charge in [0.1, 0.15) is 0 Å². The fourth-order valence-corrected chi connectivity index (χ4v) is 3.07. The largest absolute Gasteiger partial charge is 0.334 e. The van der Waals surface area contributed by atoms with Crippen LogP contribution in [-0.2, 0) is 13.0 Å². The Kier molecular flexibility index (Phi) is 4.49. The third-order valence-electron chi connectivity index (χ3n) is 4.21. The summed E-state index contributed by atoms with van der Waals surface area (Å²) < 4.78 is 2.36. The van der Waals surface area contributed by atoms with Crippen LogP contribution in [0, 0.1) is 0 Å². The number of aromatic nitrogens is 2. The van der Waals surface area contributed by atoms with E-state index in [4.69, 9.17) is 0 Å². The van der Waals surface area contributed by atoms with Crippen LogP contribution in [0.15, 0.2) is 42.9 Å². The van der Waals surface area contributed by atoms with Crippen molar-refractivity contribution >= 4 is 0 Å². The molecular formula is C17H23N3. The van der Waals surface area contributed by atoms with Crippen molar-refractivity contribution in [3.63, 3.8) is 0 Å². The van der Waals surface area contributed by atoms with Crippen LogP contribution in [0.1, 0.15) is 36.4 Å². The summed E-state index contributed by atoms with van der Waals surface area (Å²) in [6.07, 6.45) is 8.87. The number of aryl methyl sites for hydroxylation is 2. The fraction of sp³-hybridized carbons (Fsp3) is 0.471. The van der Waals surface area contributed by atoms with Gasteiger partial charge >= 0.3 is 0 Å². The molecule has 20 heavy (non-hydrogen) atoms. The maximum absolute atomic E-state index is 4.37. The summed E-state index contributed by atoms with van der Waals surface area (Å²) in [6.45, 7) is 3.36. The summed E-state index contributed by atoms with van der Waals surface area (Å²) in [4.78, 5) is 4.37. The van der Waals surface area contributed by atoms with Crippen molar-refractivity contribution in [2.75, 3.05) is 13.1 Å². The molecule has 3 nitrogen and oxygen atoms in total. The second kappa shape index (κ2) is 6.71. The van der Waals surface area contributed by atoms with E-state index in [1.54, 1.807) is 0 Å². The van der Waals surface area contributed by atoms with Gasteiger partial charge in [0, 0.05) is 24.4 Å². The molecule has 1 aromatic carbocycles. The van der Waals surface area contributed by atoms with Crippen molar-refractivity contribution < 1.29 is 0 Å². The zero-order chi connectivity index (χ0) is 13.6. The second-order valence-corrected chi connectivity index (χ2v) is 5.63. The summed E-state index contributed by atoms with van der Waals surface area (Å²) in [5.74, 6) is 0.690. The third kappa shape index (κ3) is 3.28. The Hall–Kier alpha value is -1.61. The Labute approximate surface area is 121 Å². The van der Waals surface area contributed by atoms with Gasteiger partial charge < -0.3 is 9.88 Å². The minimum atomic E-state index is 0.690. The number of nitrogens with one attached hydrogen (secondary N) is 1. The molecule has 2 aromatic rings. The van der Waals surface area contributed by atoms with Gasteiger partial charge in [-0.05, 0) is 44.3 Å². The van der Waals surface area contributed by atoms with Gasteiger partial charge in [0.25, 0.3) is 0 Å². The molecule has 1 aliphatic heterocycles. The number of hydrogen-bond acceptors (Lipinski definition) is 2. The molecule has 0 amide bonds. The molecule has 1 saturated heterocycles. The smallest absolute Gasteiger partial charge is 0.0948 e. The Morgan fingerprint density at radius 2 is 1.95 bits per heavy atom. The lowest BCUT2D eigenvalue weighted by Gasteiger charge is -2.23. The average molecular weight is 269 g/mol. The highest BCUT2D eigenvalue weighted by atomic mass is 15.0. The van der Waals surface area contributed by atoms with Gasteiger partial charge in [0.05, 0.1) is 6.33 Å². The summed E-state index contributed by atoms with van der Waals surface area (Å²) >= 11 is 0. The highest BCUT2D eigenvalue weighted by molar-refractivity contribution is 5.14. The quantitative estimate of drug-likeness (QED) is 0.904. The lowest BCUT2D eigenvalue weighted by molar-refractivity contribution is 0.436. The van der Waals surface area contributed by atoms with Crippen LogP contribution in [0.3, 0.4) is 0 Å². The number of rotatable bonds is 5. The molecule has 1 fully saturated rings. The van der Waals surface area contributed by atoms with Gasteiger partial charge in [-0.3, -0.25) is 0 Å². The van der Waals surface area contributed by atoms with Crippen molar-refractivity contribution in [3.8, 4) is 0 Å². The maximum atomic E-state index is 4.37. The van der Waals surface area contributed by atoms with E-state index in [-0.39, 0.29) is 0 Å². The molecule has 0 aliphatic carbocycles. The Morgan fingerprint density at radius 1 is 1.15 bits per heavy atom. The van der Waals surface area contributed by atoms with Crippen molar-refractivity contribution in [1.82, 2.24) is 14.9 Å². The molecule has 0 unspecified atom stereocenters. The predicted molar refractivity (Wildman–Crippen MR) is 81.8 cm³/mol. The summed E-state index contributed by atoms with van der Waals surface area (Å²) in [5, 5.41) is 3.43. The second-order valence-electron chi connectivity index (χ2n) is 5.63. The van der Waals surface area contributed by atoms with E-state index in [2.05, 4.69) is 51.4 Å². The van der Waals surface area contributed by atoms with Crippen LogP contribution in [0.5, 0.6) is 0 Å². The van der Waals surface area contributed by atoms with Crippen LogP contribution < -0.4 is 5.32 Å². The topological polar surface area (TPSA) is 29.9 Å². The molecule has 2 heterocycles. The highest BCUT2D eigenvalue weighted by Gasteiger charge is 2.18. The molecule has 0 saturated carbocycles. The first-order valence-electron chi connectivity index (χ1n) is 7.68. The molecule has 0 radical (unpaired) electrons. The molecule has 3 heteroatoms. The lowest BCUT2D eigenvalue weighted by atomic mass is 9.95. The van der Waals surface area contributed by atoms with E-state index in [0.717, 1.165) is 26.1 Å². The molecule has 0 spiro atoms. The molecule has 1 aromatic heterocycles. The van der Waals surface area contributed by atoms with Crippen LogP contribution in [0.25, 0.3) is 0 Å². The fourth-order valence-electron chi connectivity index (χ4n) is 3.07. The predicted octanol–water partition coefficient (Wildman–Crippen LogP) is 2.98. The van der Waals surface area contributed by atoms with E-state index in [9.17, 15) is 0 Å². The number of hydrogen-bond donors (Lipinski definition) is 1. The van der Waals surface area contributed by atoms with E-state index in [1.165, 1.54) is 30.5 Å². The lowest BCUT2D eigenvalue weighted by Crippen LogP contribution is -2.27. The SMILES string of the molecule is c1ccc(CCCn2cncc2C2CCNCC2)cc1. The van der Waals surface area contributed by atoms with Gasteiger partial charge in [-0.15, -0.1) is 0 Å². The van der Waals surface area contributed by atoms with E-state index in [0.29, 0.717) is 5.92 Å². The summed E-state index contributed by atoms with van der Waals surface area (Å²) in [7, 11) is 0. The zero-order valence-corrected chi connectivity index (χ0v) is 12.0. The first-order chi connectivity index (χ1) is 9.93. The summed E-state index contributed by atoms with van der Waals surface area (Å²) in [5.41, 5.74) is 2.86. The van der Waals surface area contributed by atoms with E-state index >= 15 is 0 Å². The number of piperidine rings is 1. The highest BCUT2D eigenvalue weighted by Crippen LogP contribution is 2.25. The Balaban J connectivity index is 1.56. The number of imidazole rings is 1. The number of nitrogens with zero attached hydrogens (tertiary/aromatic N) is 2. The Bertz CT molecular complexity index is 512. The molecule has 1 aliphatic rings. The zero-order valence-electron chi connectivity index (χ0n) is 12.0. The molecule has 0 atom stereocenters. The van der Waals surface area contributed by atoms with Gasteiger partial charge in [0.2, 0.25) is 0 Å². The van der Waals surface area contributed by atoms with Crippen molar-refractivity contribution in [3.05, 3.63) is 54.1 Å². The summed E-state index contributed by atoms with van der Waals surface area (Å²) in [6, 6.07) is 10.7. The monoisotopic (exact) mass is 269 g/mol. The van der Waals surface area contributed by atoms with Crippen molar-refractivity contribution in [1.29, 1.82) is 0 Å². The van der Waals surface area contributed by atoms with Crippen LogP contribution in [-0.4, -0.2) is 22.6 Å². The van der Waals surface area contributed by atoms with E-state index < -0.39 is 0 Å². The first kappa shape index (κ1) is 13.4. The Morgan fingerprint density at radius 3 is 2.75 bits per heavy atom. The molecule has 0 bridgehead atoms. The first-order valence-corrected chi connectivity index (χ1v) is 7.68. The van der Waals surface area contributed by atoms with Gasteiger partial charge in [-0.25, -0.2) is 4.98 Å². The van der Waals surface area contributed by atoms with Crippen molar-refractivity contribution in [2.45, 2.75) is 38.1 Å². The average Bonchev–Trinajstić information content (AvgIpc) is 2.98. The minimum absolute atomic E-state index is 0.690. The van der Waals surface area contributed by atoms with Crippen LogP contribution >= 0.6 is 0 Å². The maximum Gasteiger partial charge on any atom is 0.0948 e. The van der Waals surface area contributed by atoms with Gasteiger partial charge in [0.15, 0.2) is 0 Å². The standard InChI is InChI=1S/C17H23N3/c1-2-5-15(6-3-1)7-4-12-20-14-19-13-17(20)16-8-10-18-11-9-16/h1-3,5-6,13-14,16,18H,4,7-12H2. The molecule has 1 N–H and O–H groups in total. The molecule has 106 valence electrons. The molecule has 3 rings (SSSR count). The normalized spacial score (nSPS) is 16.4. The van der Waals surface area contributed by atoms with E-state index in [1.807, 2.05) is 6.33 Å². The molecular weight excluding hydrogens is 246 g/mol. The minimum Gasteiger partial charge on any atom is -0.334 e. The van der Waals surface area contributed by atoms with Gasteiger partial charge in [-0.1, -0.05) is 30.3 Å². The number of benzene rings is 1. The van der Waals surface area contributed by atoms with Crippen molar-refractivity contribution in [2.24, 2.45) is 0 Å².